The summed E-state index contributed by atoms with van der Waals surface area (Å²) in [5, 5.41) is 0. The molecule has 0 saturated carbocycles. The number of benzene rings is 1. The van der Waals surface area contributed by atoms with Crippen LogP contribution >= 0.6 is 0 Å². The average Bonchev–Trinajstić information content (AvgIpc) is 3.04. The zero-order valence-corrected chi connectivity index (χ0v) is 10.8. The molecule has 92 valence electrons. The number of carbonyl (C=O) groups excluding carboxylic acids is 1. The Balaban J connectivity index is 2.26. The van der Waals surface area contributed by atoms with Crippen molar-refractivity contribution >= 4 is 5.97 Å². The molecular formula is C14H19NO2. The van der Waals surface area contributed by atoms with Crippen LogP contribution < -0.4 is 0 Å². The van der Waals surface area contributed by atoms with Gasteiger partial charge < -0.3 is 4.74 Å². The quantitative estimate of drug-likeness (QED) is 0.580. The summed E-state index contributed by atoms with van der Waals surface area (Å²) < 4.78 is 4.87. The first-order valence-electron chi connectivity index (χ1n) is 5.88. The number of esters is 1. The molecule has 0 amide bonds. The normalized spacial score (nSPS) is 27.6. The lowest BCUT2D eigenvalue weighted by molar-refractivity contribution is -0.141. The SMILES string of the molecule is COC(=O)[C@H]1[C@H](c2ccccc2)N1C(C)(C)C. The summed E-state index contributed by atoms with van der Waals surface area (Å²) in [6.45, 7) is 6.35. The topological polar surface area (TPSA) is 29.3 Å². The summed E-state index contributed by atoms with van der Waals surface area (Å²) in [4.78, 5) is 13.9. The summed E-state index contributed by atoms with van der Waals surface area (Å²) in [5.41, 5.74) is 1.15. The van der Waals surface area contributed by atoms with Crippen LogP contribution in [0.25, 0.3) is 0 Å². The highest BCUT2D eigenvalue weighted by Gasteiger charge is 2.58. The molecule has 0 aliphatic carbocycles. The number of hydrogen-bond acceptors (Lipinski definition) is 3. The molecule has 1 saturated heterocycles. The molecule has 1 aliphatic rings. The van der Waals surface area contributed by atoms with Gasteiger partial charge in [0.15, 0.2) is 0 Å². The maximum absolute atomic E-state index is 11.8. The minimum absolute atomic E-state index is 0.0284. The lowest BCUT2D eigenvalue weighted by Gasteiger charge is -2.22. The van der Waals surface area contributed by atoms with Gasteiger partial charge in [-0.2, -0.15) is 0 Å². The Morgan fingerprint density at radius 1 is 1.24 bits per heavy atom. The van der Waals surface area contributed by atoms with Gasteiger partial charge in [0.1, 0.15) is 6.04 Å². The third kappa shape index (κ3) is 2.20. The predicted molar refractivity (Wildman–Crippen MR) is 66.6 cm³/mol. The Labute approximate surface area is 102 Å². The smallest absolute Gasteiger partial charge is 0.325 e. The van der Waals surface area contributed by atoms with Gasteiger partial charge in [0, 0.05) is 5.54 Å². The van der Waals surface area contributed by atoms with E-state index in [4.69, 9.17) is 4.74 Å². The van der Waals surface area contributed by atoms with Gasteiger partial charge in [-0.15, -0.1) is 0 Å². The molecule has 3 atom stereocenters. The highest BCUT2D eigenvalue weighted by molar-refractivity contribution is 5.81. The first kappa shape index (κ1) is 12.1. The fourth-order valence-electron chi connectivity index (χ4n) is 2.42. The molecule has 1 aromatic carbocycles. The van der Waals surface area contributed by atoms with Gasteiger partial charge in [-0.05, 0) is 26.3 Å². The number of hydrogen-bond donors (Lipinski definition) is 0. The molecule has 0 N–H and O–H groups in total. The lowest BCUT2D eigenvalue weighted by Crippen LogP contribution is -2.30. The van der Waals surface area contributed by atoms with Crippen molar-refractivity contribution in [2.75, 3.05) is 7.11 Å². The Morgan fingerprint density at radius 2 is 1.82 bits per heavy atom. The molecule has 1 fully saturated rings. The molecule has 1 aromatic rings. The first-order chi connectivity index (χ1) is 7.96. The largest absolute Gasteiger partial charge is 0.468 e. The lowest BCUT2D eigenvalue weighted by atomic mass is 10.1. The molecule has 2 rings (SSSR count). The Bertz CT molecular complexity index is 408. The molecule has 1 unspecified atom stereocenters. The number of rotatable bonds is 2. The molecule has 0 aromatic heterocycles. The van der Waals surface area contributed by atoms with Gasteiger partial charge in [0.05, 0.1) is 13.2 Å². The van der Waals surface area contributed by atoms with Crippen LogP contribution in [0.2, 0.25) is 0 Å². The standard InChI is InChI=1S/C14H19NO2/c1-14(2,3)15-11(12(15)13(16)17-4)10-8-6-5-7-9-10/h5-9,11-12H,1-4H3/t11-,12+,15?/m0/s1. The molecule has 3 heteroatoms. The highest BCUT2D eigenvalue weighted by atomic mass is 16.5. The van der Waals surface area contributed by atoms with E-state index in [1.807, 2.05) is 18.2 Å². The molecule has 1 heterocycles. The summed E-state index contributed by atoms with van der Waals surface area (Å²) in [6.07, 6.45) is 0. The van der Waals surface area contributed by atoms with E-state index >= 15 is 0 Å². The van der Waals surface area contributed by atoms with Gasteiger partial charge >= 0.3 is 5.97 Å². The monoisotopic (exact) mass is 233 g/mol. The van der Waals surface area contributed by atoms with Gasteiger partial charge in [0.2, 0.25) is 0 Å². The summed E-state index contributed by atoms with van der Waals surface area (Å²) in [6, 6.07) is 10.1. The van der Waals surface area contributed by atoms with Crippen molar-refractivity contribution in [2.24, 2.45) is 0 Å². The number of nitrogens with zero attached hydrogens (tertiary/aromatic N) is 1. The van der Waals surface area contributed by atoms with Crippen molar-refractivity contribution < 1.29 is 9.53 Å². The average molecular weight is 233 g/mol. The Morgan fingerprint density at radius 3 is 2.29 bits per heavy atom. The van der Waals surface area contributed by atoms with Crippen LogP contribution in [-0.2, 0) is 9.53 Å². The minimum Gasteiger partial charge on any atom is -0.468 e. The molecule has 1 aliphatic heterocycles. The first-order valence-corrected chi connectivity index (χ1v) is 5.88. The third-order valence-electron chi connectivity index (χ3n) is 3.17. The highest BCUT2D eigenvalue weighted by Crippen LogP contribution is 2.48. The van der Waals surface area contributed by atoms with Crippen LogP contribution in [0.15, 0.2) is 30.3 Å². The fraction of sp³-hybridized carbons (Fsp3) is 0.500. The van der Waals surface area contributed by atoms with Crippen LogP contribution in [0.4, 0.5) is 0 Å². The number of ether oxygens (including phenoxy) is 1. The van der Waals surface area contributed by atoms with Crippen LogP contribution in [0.5, 0.6) is 0 Å². The summed E-state index contributed by atoms with van der Waals surface area (Å²) in [5.74, 6) is -0.145. The van der Waals surface area contributed by atoms with Gasteiger partial charge in [-0.1, -0.05) is 30.3 Å². The van der Waals surface area contributed by atoms with Crippen molar-refractivity contribution in [3.05, 3.63) is 35.9 Å². The van der Waals surface area contributed by atoms with E-state index in [-0.39, 0.29) is 23.6 Å². The van der Waals surface area contributed by atoms with Crippen molar-refractivity contribution in [1.29, 1.82) is 0 Å². The zero-order valence-electron chi connectivity index (χ0n) is 10.8. The predicted octanol–water partition coefficient (Wildman–Crippen LogP) is 2.38. The Hall–Kier alpha value is -1.35. The van der Waals surface area contributed by atoms with E-state index in [0.717, 1.165) is 0 Å². The Kier molecular flexibility index (Phi) is 2.96. The number of carbonyl (C=O) groups is 1. The number of methoxy groups -OCH3 is 1. The van der Waals surface area contributed by atoms with E-state index < -0.39 is 0 Å². The fourth-order valence-corrected chi connectivity index (χ4v) is 2.42. The van der Waals surface area contributed by atoms with Crippen LogP contribution in [0, 0.1) is 0 Å². The van der Waals surface area contributed by atoms with Crippen LogP contribution in [0.3, 0.4) is 0 Å². The van der Waals surface area contributed by atoms with Gasteiger partial charge in [0.25, 0.3) is 0 Å². The maximum atomic E-state index is 11.8. The second-order valence-corrected chi connectivity index (χ2v) is 5.40. The van der Waals surface area contributed by atoms with Gasteiger partial charge in [-0.25, -0.2) is 0 Å². The second-order valence-electron chi connectivity index (χ2n) is 5.40. The summed E-state index contributed by atoms with van der Waals surface area (Å²) >= 11 is 0. The molecule has 0 bridgehead atoms. The molecule has 17 heavy (non-hydrogen) atoms. The van der Waals surface area contributed by atoms with Crippen molar-refractivity contribution in [3.8, 4) is 0 Å². The van der Waals surface area contributed by atoms with Crippen molar-refractivity contribution in [3.63, 3.8) is 0 Å². The third-order valence-corrected chi connectivity index (χ3v) is 3.17. The van der Waals surface area contributed by atoms with E-state index in [0.29, 0.717) is 0 Å². The summed E-state index contributed by atoms with van der Waals surface area (Å²) in [7, 11) is 1.45. The maximum Gasteiger partial charge on any atom is 0.325 e. The van der Waals surface area contributed by atoms with E-state index in [9.17, 15) is 4.79 Å². The molecular weight excluding hydrogens is 214 g/mol. The van der Waals surface area contributed by atoms with E-state index in [1.54, 1.807) is 0 Å². The van der Waals surface area contributed by atoms with Crippen LogP contribution in [0.1, 0.15) is 32.4 Å². The van der Waals surface area contributed by atoms with Crippen molar-refractivity contribution in [1.82, 2.24) is 4.90 Å². The second kappa shape index (κ2) is 4.15. The van der Waals surface area contributed by atoms with E-state index in [2.05, 4.69) is 37.8 Å². The van der Waals surface area contributed by atoms with Gasteiger partial charge in [-0.3, -0.25) is 9.69 Å². The molecule has 0 radical (unpaired) electrons. The molecule has 3 nitrogen and oxygen atoms in total. The van der Waals surface area contributed by atoms with Crippen LogP contribution in [-0.4, -0.2) is 29.6 Å². The minimum atomic E-state index is -0.145. The molecule has 0 spiro atoms. The van der Waals surface area contributed by atoms with Crippen molar-refractivity contribution in [2.45, 2.75) is 38.4 Å². The van der Waals surface area contributed by atoms with E-state index in [1.165, 1.54) is 12.7 Å². The zero-order chi connectivity index (χ0) is 12.6.